The maximum Gasteiger partial charge on any atom is 0.344 e. The molecule has 1 fully saturated rings. The van der Waals surface area contributed by atoms with Crippen molar-refractivity contribution in [3.05, 3.63) is 33.0 Å². The summed E-state index contributed by atoms with van der Waals surface area (Å²) in [4.78, 5) is 36.5. The molecule has 1 saturated heterocycles. The van der Waals surface area contributed by atoms with E-state index >= 15 is 0 Å². The van der Waals surface area contributed by atoms with Crippen LogP contribution >= 0.6 is 22.6 Å². The van der Waals surface area contributed by atoms with Gasteiger partial charge in [0.05, 0.1) is 10.2 Å². The van der Waals surface area contributed by atoms with Gasteiger partial charge in [0, 0.05) is 6.54 Å². The van der Waals surface area contributed by atoms with Crippen molar-refractivity contribution in [2.75, 3.05) is 19.8 Å². The number of imide groups is 1. The number of nitrogens with one attached hydrogen (secondary N) is 1. The van der Waals surface area contributed by atoms with Crippen LogP contribution in [0, 0.1) is 3.57 Å². The number of esters is 1. The molecular weight excluding hydrogens is 439 g/mol. The summed E-state index contributed by atoms with van der Waals surface area (Å²) >= 11 is 2.08. The second-order valence-corrected chi connectivity index (χ2v) is 6.39. The second kappa shape index (κ2) is 8.84. The molecule has 3 amide bonds. The molecule has 0 saturated carbocycles. The summed E-state index contributed by atoms with van der Waals surface area (Å²) in [7, 11) is 0. The van der Waals surface area contributed by atoms with Gasteiger partial charge in [-0.15, -0.1) is 0 Å². The third-order valence-corrected chi connectivity index (χ3v) is 4.17. The van der Waals surface area contributed by atoms with Gasteiger partial charge in [0.15, 0.2) is 6.61 Å². The molecular formula is C17H19IN2O5. The Labute approximate surface area is 159 Å². The van der Waals surface area contributed by atoms with E-state index in [1.54, 1.807) is 31.2 Å². The lowest BCUT2D eigenvalue weighted by Crippen LogP contribution is -2.31. The van der Waals surface area contributed by atoms with Gasteiger partial charge in [-0.3, -0.25) is 9.69 Å². The first-order valence-electron chi connectivity index (χ1n) is 7.88. The first-order valence-corrected chi connectivity index (χ1v) is 8.96. The zero-order chi connectivity index (χ0) is 18.4. The number of carbonyl (C=O) groups excluding carboxylic acids is 3. The fourth-order valence-corrected chi connectivity index (χ4v) is 2.92. The number of amides is 3. The lowest BCUT2D eigenvalue weighted by molar-refractivity contribution is -0.145. The number of halogens is 1. The van der Waals surface area contributed by atoms with Crippen molar-refractivity contribution < 1.29 is 23.9 Å². The van der Waals surface area contributed by atoms with Gasteiger partial charge in [0.25, 0.3) is 5.91 Å². The highest BCUT2D eigenvalue weighted by atomic mass is 127. The van der Waals surface area contributed by atoms with Crippen molar-refractivity contribution in [2.45, 2.75) is 20.3 Å². The monoisotopic (exact) mass is 458 g/mol. The minimum absolute atomic E-state index is 0.162. The van der Waals surface area contributed by atoms with Crippen molar-refractivity contribution in [1.82, 2.24) is 10.2 Å². The Kier molecular flexibility index (Phi) is 6.80. The zero-order valence-corrected chi connectivity index (χ0v) is 16.2. The molecule has 25 heavy (non-hydrogen) atoms. The van der Waals surface area contributed by atoms with E-state index in [9.17, 15) is 14.4 Å². The summed E-state index contributed by atoms with van der Waals surface area (Å²) in [6, 6.07) is 4.86. The largest absolute Gasteiger partial charge is 0.481 e. The predicted molar refractivity (Wildman–Crippen MR) is 99.8 cm³/mol. The van der Waals surface area contributed by atoms with Crippen molar-refractivity contribution in [3.63, 3.8) is 0 Å². The molecule has 1 aromatic carbocycles. The van der Waals surface area contributed by atoms with Crippen LogP contribution in [0.4, 0.5) is 4.79 Å². The molecule has 8 heteroatoms. The van der Waals surface area contributed by atoms with Crippen LogP contribution in [0.25, 0.3) is 6.08 Å². The Hall–Kier alpha value is -2.10. The van der Waals surface area contributed by atoms with Crippen LogP contribution in [0.15, 0.2) is 23.9 Å². The van der Waals surface area contributed by atoms with E-state index in [0.717, 1.165) is 9.13 Å². The molecule has 0 bridgehead atoms. The van der Waals surface area contributed by atoms with Crippen molar-refractivity contribution in [2.24, 2.45) is 0 Å². The summed E-state index contributed by atoms with van der Waals surface area (Å²) in [6.45, 7) is 4.17. The van der Waals surface area contributed by atoms with E-state index in [-0.39, 0.29) is 18.2 Å². The molecule has 1 heterocycles. The smallest absolute Gasteiger partial charge is 0.344 e. The van der Waals surface area contributed by atoms with Gasteiger partial charge in [-0.25, -0.2) is 9.59 Å². The number of carbonyl (C=O) groups is 3. The molecule has 1 N–H and O–H groups in total. The first-order chi connectivity index (χ1) is 12.0. The third-order valence-electron chi connectivity index (χ3n) is 3.33. The topological polar surface area (TPSA) is 84.9 Å². The van der Waals surface area contributed by atoms with E-state index in [1.807, 2.05) is 6.92 Å². The molecule has 0 spiro atoms. The molecule has 1 aliphatic heterocycles. The second-order valence-electron chi connectivity index (χ2n) is 5.23. The Bertz CT molecular complexity index is 717. The SMILES string of the molecule is CCCN1C(=O)N/C(=C/c2ccc(OCC(=O)OCC)c(I)c2)C1=O. The molecule has 0 aliphatic carbocycles. The lowest BCUT2D eigenvalue weighted by atomic mass is 10.2. The highest BCUT2D eigenvalue weighted by Gasteiger charge is 2.32. The normalized spacial score (nSPS) is 15.5. The molecule has 1 aliphatic rings. The number of hydrogen-bond donors (Lipinski definition) is 1. The first kappa shape index (κ1) is 19.2. The molecule has 0 radical (unpaired) electrons. The minimum atomic E-state index is -0.431. The number of hydrogen-bond acceptors (Lipinski definition) is 5. The molecule has 2 rings (SSSR count). The van der Waals surface area contributed by atoms with Crippen molar-refractivity contribution in [3.8, 4) is 5.75 Å². The highest BCUT2D eigenvalue weighted by Crippen LogP contribution is 2.24. The predicted octanol–water partition coefficient (Wildman–Crippen LogP) is 2.54. The average molecular weight is 458 g/mol. The number of nitrogens with zero attached hydrogens (tertiary/aromatic N) is 1. The molecule has 134 valence electrons. The number of urea groups is 1. The number of ether oxygens (including phenoxy) is 2. The van der Waals surface area contributed by atoms with Gasteiger partial charge < -0.3 is 14.8 Å². The van der Waals surface area contributed by atoms with Crippen molar-refractivity contribution >= 4 is 46.6 Å². The Morgan fingerprint density at radius 1 is 1.32 bits per heavy atom. The van der Waals surface area contributed by atoms with Crippen LogP contribution in [0.2, 0.25) is 0 Å². The van der Waals surface area contributed by atoms with Gasteiger partial charge >= 0.3 is 12.0 Å². The van der Waals surface area contributed by atoms with Crippen LogP contribution in [0.5, 0.6) is 5.75 Å². The van der Waals surface area contributed by atoms with Crippen molar-refractivity contribution in [1.29, 1.82) is 0 Å². The lowest BCUT2D eigenvalue weighted by Gasteiger charge is -2.09. The average Bonchev–Trinajstić information content (AvgIpc) is 2.82. The van der Waals surface area contributed by atoms with E-state index in [1.165, 1.54) is 4.90 Å². The summed E-state index contributed by atoms with van der Waals surface area (Å²) in [5, 5.41) is 2.58. The Morgan fingerprint density at radius 2 is 2.08 bits per heavy atom. The van der Waals surface area contributed by atoms with Crippen LogP contribution in [0.1, 0.15) is 25.8 Å². The van der Waals surface area contributed by atoms with Crippen LogP contribution < -0.4 is 10.1 Å². The maximum atomic E-state index is 12.2. The van der Waals surface area contributed by atoms with Gasteiger partial charge in [-0.1, -0.05) is 13.0 Å². The molecule has 0 unspecified atom stereocenters. The fraction of sp³-hybridized carbons (Fsp3) is 0.353. The summed E-state index contributed by atoms with van der Waals surface area (Å²) in [6.07, 6.45) is 2.32. The number of rotatable bonds is 7. The fourth-order valence-electron chi connectivity index (χ4n) is 2.23. The van der Waals surface area contributed by atoms with Crippen LogP contribution in [-0.2, 0) is 14.3 Å². The van der Waals surface area contributed by atoms with E-state index in [2.05, 4.69) is 27.9 Å². The Balaban J connectivity index is 2.09. The Morgan fingerprint density at radius 3 is 2.72 bits per heavy atom. The maximum absolute atomic E-state index is 12.2. The molecule has 7 nitrogen and oxygen atoms in total. The highest BCUT2D eigenvalue weighted by molar-refractivity contribution is 14.1. The minimum Gasteiger partial charge on any atom is -0.481 e. The van der Waals surface area contributed by atoms with E-state index in [4.69, 9.17) is 9.47 Å². The molecule has 0 aromatic heterocycles. The summed E-state index contributed by atoms with van der Waals surface area (Å²) in [5.41, 5.74) is 0.990. The summed E-state index contributed by atoms with van der Waals surface area (Å²) < 4.78 is 11.0. The van der Waals surface area contributed by atoms with E-state index < -0.39 is 12.0 Å². The van der Waals surface area contributed by atoms with Gasteiger partial charge in [0.2, 0.25) is 0 Å². The van der Waals surface area contributed by atoms with Crippen LogP contribution in [-0.4, -0.2) is 42.6 Å². The van der Waals surface area contributed by atoms with Gasteiger partial charge in [0.1, 0.15) is 11.4 Å². The standard InChI is InChI=1S/C17H19IN2O5/c1-3-7-20-16(22)13(19-17(20)23)9-11-5-6-14(12(18)8-11)25-10-15(21)24-4-2/h5-6,8-9H,3-4,7,10H2,1-2H3,(H,19,23)/b13-9+. The zero-order valence-electron chi connectivity index (χ0n) is 14.0. The number of benzene rings is 1. The van der Waals surface area contributed by atoms with E-state index in [0.29, 0.717) is 25.3 Å². The quantitative estimate of drug-likeness (QED) is 0.294. The van der Waals surface area contributed by atoms with Gasteiger partial charge in [-0.05, 0) is 59.7 Å². The molecule has 0 atom stereocenters. The molecule has 1 aromatic rings. The van der Waals surface area contributed by atoms with Gasteiger partial charge in [-0.2, -0.15) is 0 Å². The third kappa shape index (κ3) is 4.94. The summed E-state index contributed by atoms with van der Waals surface area (Å²) in [5.74, 6) is -0.213. The van der Waals surface area contributed by atoms with Crippen LogP contribution in [0.3, 0.4) is 0 Å².